The summed E-state index contributed by atoms with van der Waals surface area (Å²) < 4.78 is 5.91. The Kier molecular flexibility index (Phi) is 3.41. The van der Waals surface area contributed by atoms with Crippen LogP contribution in [0.5, 0.6) is 0 Å². The van der Waals surface area contributed by atoms with Gasteiger partial charge in [-0.3, -0.25) is 4.90 Å². The molecule has 1 spiro atoms. The highest BCUT2D eigenvalue weighted by Gasteiger charge is 2.59. The number of fused-ring (bicyclic) bond motifs is 1. The van der Waals surface area contributed by atoms with Crippen molar-refractivity contribution in [3.05, 3.63) is 35.4 Å². The van der Waals surface area contributed by atoms with E-state index in [2.05, 4.69) is 43.0 Å². The van der Waals surface area contributed by atoms with Crippen LogP contribution in [0.2, 0.25) is 0 Å². The fraction of sp³-hybridized carbons (Fsp3) is 0.727. The van der Waals surface area contributed by atoms with Crippen molar-refractivity contribution in [3.63, 3.8) is 0 Å². The predicted octanol–water partition coefficient (Wildman–Crippen LogP) is 4.39. The van der Waals surface area contributed by atoms with Gasteiger partial charge < -0.3 is 4.74 Å². The van der Waals surface area contributed by atoms with Crippen LogP contribution >= 0.6 is 0 Å². The zero-order valence-corrected chi connectivity index (χ0v) is 15.3. The summed E-state index contributed by atoms with van der Waals surface area (Å²) >= 11 is 0. The van der Waals surface area contributed by atoms with E-state index in [0.717, 1.165) is 24.4 Å². The monoisotopic (exact) mass is 325 g/mol. The van der Waals surface area contributed by atoms with Gasteiger partial charge in [0, 0.05) is 18.6 Å². The number of hydrogen-bond donors (Lipinski definition) is 0. The first-order chi connectivity index (χ1) is 11.6. The van der Waals surface area contributed by atoms with E-state index in [1.807, 2.05) is 0 Å². The third-order valence-corrected chi connectivity index (χ3v) is 8.08. The van der Waals surface area contributed by atoms with Crippen molar-refractivity contribution >= 4 is 0 Å². The molecule has 2 nitrogen and oxygen atoms in total. The molecule has 0 amide bonds. The highest BCUT2D eigenvalue weighted by molar-refractivity contribution is 5.36. The number of nitrogens with zero attached hydrogens (tertiary/aromatic N) is 1. The molecule has 1 aromatic carbocycles. The molecular formula is C22H31NO. The van der Waals surface area contributed by atoms with Crippen LogP contribution in [0.3, 0.4) is 0 Å². The van der Waals surface area contributed by atoms with Gasteiger partial charge in [0.1, 0.15) is 0 Å². The van der Waals surface area contributed by atoms with E-state index < -0.39 is 0 Å². The zero-order chi connectivity index (χ0) is 16.4. The maximum absolute atomic E-state index is 5.91. The topological polar surface area (TPSA) is 12.5 Å². The van der Waals surface area contributed by atoms with Crippen molar-refractivity contribution in [2.24, 2.45) is 11.8 Å². The molecule has 2 aliphatic heterocycles. The van der Waals surface area contributed by atoms with Crippen LogP contribution in [0.25, 0.3) is 0 Å². The van der Waals surface area contributed by atoms with Crippen molar-refractivity contribution in [3.8, 4) is 0 Å². The Morgan fingerprint density at radius 3 is 2.62 bits per heavy atom. The van der Waals surface area contributed by atoms with E-state index in [9.17, 15) is 0 Å². The molecule has 4 atom stereocenters. The van der Waals surface area contributed by atoms with Crippen molar-refractivity contribution in [1.82, 2.24) is 4.90 Å². The smallest absolute Gasteiger partial charge is 0.0728 e. The molecule has 1 aromatic rings. The second-order valence-electron chi connectivity index (χ2n) is 9.14. The Hall–Kier alpha value is -0.860. The van der Waals surface area contributed by atoms with Crippen molar-refractivity contribution < 1.29 is 4.74 Å². The third kappa shape index (κ3) is 2.22. The number of aryl methyl sites for hydroxylation is 1. The molecular weight excluding hydrogens is 294 g/mol. The van der Waals surface area contributed by atoms with Crippen LogP contribution in [-0.2, 0) is 11.2 Å². The van der Waals surface area contributed by atoms with E-state index in [0.29, 0.717) is 5.54 Å². The molecule has 4 aliphatic rings. The standard InChI is InChI=1S/C22H31NO/c1-16(18-8-7-17-5-3-4-6-19(17)18)20-15-21(20,2)23-12-9-22(10-13-23)11-14-24-22/h3-6,16,18,20H,7-15H2,1-2H3. The molecule has 0 radical (unpaired) electrons. The summed E-state index contributed by atoms with van der Waals surface area (Å²) in [6, 6.07) is 9.18. The van der Waals surface area contributed by atoms with E-state index in [-0.39, 0.29) is 5.60 Å². The fourth-order valence-corrected chi connectivity index (χ4v) is 6.13. The van der Waals surface area contributed by atoms with Gasteiger partial charge >= 0.3 is 0 Å². The lowest BCUT2D eigenvalue weighted by atomic mass is 9.82. The lowest BCUT2D eigenvalue weighted by molar-refractivity contribution is -0.176. The van der Waals surface area contributed by atoms with Gasteiger partial charge in [0.25, 0.3) is 0 Å². The third-order valence-electron chi connectivity index (χ3n) is 8.08. The minimum atomic E-state index is 0.285. The van der Waals surface area contributed by atoms with E-state index in [4.69, 9.17) is 4.74 Å². The van der Waals surface area contributed by atoms with Crippen LogP contribution < -0.4 is 0 Å². The van der Waals surface area contributed by atoms with Crippen LogP contribution in [0.1, 0.15) is 63.0 Å². The minimum Gasteiger partial charge on any atom is -0.375 e. The number of likely N-dealkylation sites (tertiary alicyclic amines) is 1. The number of piperidine rings is 1. The molecule has 2 heterocycles. The SMILES string of the molecule is CC(C1CCc2ccccc21)C1CC1(C)N1CCC2(CCO2)CC1. The van der Waals surface area contributed by atoms with Crippen LogP contribution in [0.4, 0.5) is 0 Å². The van der Waals surface area contributed by atoms with Crippen LogP contribution in [-0.4, -0.2) is 35.7 Å². The molecule has 0 bridgehead atoms. The largest absolute Gasteiger partial charge is 0.375 e. The highest BCUT2D eigenvalue weighted by atomic mass is 16.5. The quantitative estimate of drug-likeness (QED) is 0.817. The Bertz CT molecular complexity index is 627. The molecule has 0 aromatic heterocycles. The maximum Gasteiger partial charge on any atom is 0.0728 e. The second-order valence-corrected chi connectivity index (χ2v) is 9.14. The first-order valence-corrected chi connectivity index (χ1v) is 10.1. The Morgan fingerprint density at radius 1 is 1.17 bits per heavy atom. The molecule has 2 aliphatic carbocycles. The van der Waals surface area contributed by atoms with Crippen LogP contribution in [0, 0.1) is 11.8 Å². The molecule has 24 heavy (non-hydrogen) atoms. The Labute approximate surface area is 146 Å². The summed E-state index contributed by atoms with van der Waals surface area (Å²) in [7, 11) is 0. The van der Waals surface area contributed by atoms with Gasteiger partial charge in [-0.25, -0.2) is 0 Å². The van der Waals surface area contributed by atoms with E-state index in [1.54, 1.807) is 11.1 Å². The predicted molar refractivity (Wildman–Crippen MR) is 97.3 cm³/mol. The van der Waals surface area contributed by atoms with Gasteiger partial charge in [0.15, 0.2) is 0 Å². The summed E-state index contributed by atoms with van der Waals surface area (Å²) in [5.74, 6) is 2.48. The molecule has 3 fully saturated rings. The van der Waals surface area contributed by atoms with Crippen molar-refractivity contribution in [2.75, 3.05) is 19.7 Å². The lowest BCUT2D eigenvalue weighted by Gasteiger charge is -2.49. The first kappa shape index (κ1) is 15.4. The number of ether oxygens (including phenoxy) is 1. The van der Waals surface area contributed by atoms with E-state index >= 15 is 0 Å². The number of benzene rings is 1. The zero-order valence-electron chi connectivity index (χ0n) is 15.3. The average Bonchev–Trinajstić information content (AvgIpc) is 3.10. The van der Waals surface area contributed by atoms with E-state index in [1.165, 1.54) is 51.6 Å². The molecule has 2 heteroatoms. The van der Waals surface area contributed by atoms with Crippen molar-refractivity contribution in [1.29, 1.82) is 0 Å². The van der Waals surface area contributed by atoms with Crippen molar-refractivity contribution in [2.45, 2.75) is 69.4 Å². The summed E-state index contributed by atoms with van der Waals surface area (Å²) in [6.07, 6.45) is 7.88. The molecule has 130 valence electrons. The van der Waals surface area contributed by atoms with Gasteiger partial charge in [-0.1, -0.05) is 31.2 Å². The molecule has 1 saturated carbocycles. The summed E-state index contributed by atoms with van der Waals surface area (Å²) in [4.78, 5) is 2.81. The van der Waals surface area contributed by atoms with Gasteiger partial charge in [0.05, 0.1) is 12.2 Å². The molecule has 0 N–H and O–H groups in total. The Balaban J connectivity index is 1.26. The molecule has 5 rings (SSSR count). The van der Waals surface area contributed by atoms with Gasteiger partial charge in [-0.15, -0.1) is 0 Å². The lowest BCUT2D eigenvalue weighted by Crippen LogP contribution is -2.55. The summed E-state index contributed by atoms with van der Waals surface area (Å²) in [5.41, 5.74) is 4.01. The summed E-state index contributed by atoms with van der Waals surface area (Å²) in [5, 5.41) is 0. The second kappa shape index (κ2) is 5.32. The fourth-order valence-electron chi connectivity index (χ4n) is 6.13. The summed E-state index contributed by atoms with van der Waals surface area (Å²) in [6.45, 7) is 8.57. The maximum atomic E-state index is 5.91. The number of rotatable bonds is 3. The molecule has 2 saturated heterocycles. The van der Waals surface area contributed by atoms with Gasteiger partial charge in [-0.05, 0) is 74.3 Å². The van der Waals surface area contributed by atoms with Crippen LogP contribution in [0.15, 0.2) is 24.3 Å². The Morgan fingerprint density at radius 2 is 1.92 bits per heavy atom. The average molecular weight is 325 g/mol. The first-order valence-electron chi connectivity index (χ1n) is 10.1. The van der Waals surface area contributed by atoms with Gasteiger partial charge in [-0.2, -0.15) is 0 Å². The highest BCUT2D eigenvalue weighted by Crippen LogP contribution is 2.58. The van der Waals surface area contributed by atoms with Gasteiger partial charge in [0.2, 0.25) is 0 Å². The minimum absolute atomic E-state index is 0.285. The molecule has 4 unspecified atom stereocenters. The normalized spacial score (nSPS) is 38.6. The number of hydrogen-bond acceptors (Lipinski definition) is 2.